The van der Waals surface area contributed by atoms with Crippen molar-refractivity contribution in [2.75, 3.05) is 7.11 Å². The number of ether oxygens (including phenoxy) is 1. The number of carbonyl (C=O) groups excluding carboxylic acids is 2. The maximum Gasteiger partial charge on any atom is 0.305 e. The van der Waals surface area contributed by atoms with Gasteiger partial charge in [0.05, 0.1) is 18.8 Å². The summed E-state index contributed by atoms with van der Waals surface area (Å²) in [5.74, 6) is 0.136. The van der Waals surface area contributed by atoms with Crippen LogP contribution in [0.5, 0.6) is 0 Å². The van der Waals surface area contributed by atoms with E-state index in [-0.39, 0.29) is 17.7 Å². The minimum atomic E-state index is -0.516. The minimum absolute atomic E-state index is 0.0746. The first-order valence-corrected chi connectivity index (χ1v) is 10.4. The van der Waals surface area contributed by atoms with Crippen LogP contribution >= 0.6 is 0 Å². The van der Waals surface area contributed by atoms with Crippen molar-refractivity contribution in [2.24, 2.45) is 5.92 Å². The summed E-state index contributed by atoms with van der Waals surface area (Å²) in [6.45, 7) is 7.59. The van der Waals surface area contributed by atoms with Gasteiger partial charge in [0, 0.05) is 18.8 Å². The van der Waals surface area contributed by atoms with Crippen LogP contribution in [0, 0.1) is 5.92 Å². The second-order valence-corrected chi connectivity index (χ2v) is 7.88. The van der Waals surface area contributed by atoms with Gasteiger partial charge in [0.1, 0.15) is 5.78 Å². The molecular weight excluding hydrogens is 344 g/mol. The molecule has 0 radical (unpaired) electrons. The second-order valence-electron chi connectivity index (χ2n) is 7.88. The molecule has 1 aliphatic rings. The molecule has 0 aromatic carbocycles. The van der Waals surface area contributed by atoms with Gasteiger partial charge in [-0.15, -0.1) is 6.58 Å². The van der Waals surface area contributed by atoms with Gasteiger partial charge < -0.3 is 14.9 Å². The van der Waals surface area contributed by atoms with Crippen LogP contribution in [0.25, 0.3) is 0 Å². The van der Waals surface area contributed by atoms with Crippen LogP contribution in [-0.2, 0) is 14.3 Å². The molecule has 0 heterocycles. The van der Waals surface area contributed by atoms with E-state index in [2.05, 4.69) is 18.2 Å². The van der Waals surface area contributed by atoms with Crippen LogP contribution in [0.3, 0.4) is 0 Å². The van der Waals surface area contributed by atoms with E-state index in [0.717, 1.165) is 51.4 Å². The zero-order valence-electron chi connectivity index (χ0n) is 17.5. The number of Topliss-reactive ketones (excluding diaryl/α,β-unsaturated/α-hetero) is 1. The fraction of sp³-hybridized carbons (Fsp3) is 0.818. The number of esters is 1. The van der Waals surface area contributed by atoms with Crippen molar-refractivity contribution >= 4 is 11.8 Å². The minimum Gasteiger partial charge on any atom is -0.469 e. The van der Waals surface area contributed by atoms with E-state index >= 15 is 0 Å². The van der Waals surface area contributed by atoms with Crippen molar-refractivity contribution in [1.82, 2.24) is 0 Å². The molecule has 0 aliphatic heterocycles. The molecule has 0 amide bonds. The molecule has 0 bridgehead atoms. The average Bonchev–Trinajstić information content (AvgIpc) is 2.93. The molecule has 1 saturated carbocycles. The number of ketones is 1. The predicted molar refractivity (Wildman–Crippen MR) is 108 cm³/mol. The fourth-order valence-corrected chi connectivity index (χ4v) is 3.31. The Morgan fingerprint density at radius 3 is 2.48 bits per heavy atom. The Labute approximate surface area is 165 Å². The number of aliphatic hydroxyl groups is 2. The first kappa shape index (κ1) is 25.8. The van der Waals surface area contributed by atoms with Gasteiger partial charge in [-0.1, -0.05) is 45.1 Å². The zero-order valence-corrected chi connectivity index (χ0v) is 17.5. The van der Waals surface area contributed by atoms with Crippen molar-refractivity contribution in [3.8, 4) is 0 Å². The molecule has 0 saturated heterocycles. The summed E-state index contributed by atoms with van der Waals surface area (Å²) in [5.41, 5.74) is -0.516. The van der Waals surface area contributed by atoms with E-state index in [0.29, 0.717) is 25.7 Å². The number of hydrogen-bond acceptors (Lipinski definition) is 5. The molecule has 1 rings (SSSR count). The Kier molecular flexibility index (Phi) is 14.2. The van der Waals surface area contributed by atoms with Crippen LogP contribution in [0.4, 0.5) is 0 Å². The lowest BCUT2D eigenvalue weighted by atomic mass is 9.96. The van der Waals surface area contributed by atoms with Gasteiger partial charge in [0.15, 0.2) is 0 Å². The molecule has 5 heteroatoms. The van der Waals surface area contributed by atoms with Gasteiger partial charge in [0.25, 0.3) is 0 Å². The Bertz CT molecular complexity index is 430. The van der Waals surface area contributed by atoms with Gasteiger partial charge in [-0.25, -0.2) is 0 Å². The van der Waals surface area contributed by atoms with Crippen molar-refractivity contribution in [3.05, 3.63) is 12.7 Å². The monoisotopic (exact) mass is 384 g/mol. The second kappa shape index (κ2) is 14.8. The number of methoxy groups -OCH3 is 1. The molecule has 2 unspecified atom stereocenters. The molecule has 1 aliphatic carbocycles. The Balaban J connectivity index is 0.000000580. The predicted octanol–water partition coefficient (Wildman–Crippen LogP) is 4.34. The average molecular weight is 385 g/mol. The Morgan fingerprint density at radius 2 is 1.96 bits per heavy atom. The van der Waals surface area contributed by atoms with E-state index in [1.165, 1.54) is 7.11 Å². The quantitative estimate of drug-likeness (QED) is 0.297. The van der Waals surface area contributed by atoms with E-state index < -0.39 is 11.7 Å². The van der Waals surface area contributed by atoms with Gasteiger partial charge >= 0.3 is 5.97 Å². The van der Waals surface area contributed by atoms with Crippen LogP contribution in [-0.4, -0.2) is 40.8 Å². The maximum atomic E-state index is 11.4. The van der Waals surface area contributed by atoms with Crippen molar-refractivity contribution in [1.29, 1.82) is 0 Å². The summed E-state index contributed by atoms with van der Waals surface area (Å²) >= 11 is 0. The lowest BCUT2D eigenvalue weighted by Crippen LogP contribution is -2.22. The lowest BCUT2D eigenvalue weighted by Gasteiger charge is -2.20. The molecule has 158 valence electrons. The van der Waals surface area contributed by atoms with Gasteiger partial charge in [-0.05, 0) is 39.0 Å². The van der Waals surface area contributed by atoms with E-state index in [1.807, 2.05) is 6.92 Å². The highest BCUT2D eigenvalue weighted by Crippen LogP contribution is 2.26. The highest BCUT2D eigenvalue weighted by atomic mass is 16.5. The number of unbranched alkanes of at least 4 members (excludes halogenated alkanes) is 4. The molecule has 0 aromatic heterocycles. The number of hydrogen-bond donors (Lipinski definition) is 2. The molecule has 0 aromatic rings. The number of aliphatic hydroxyl groups excluding tert-OH is 1. The fourth-order valence-electron chi connectivity index (χ4n) is 3.31. The molecule has 2 N–H and O–H groups in total. The maximum absolute atomic E-state index is 11.4. The molecule has 0 spiro atoms. The third-order valence-electron chi connectivity index (χ3n) is 5.01. The lowest BCUT2D eigenvalue weighted by molar-refractivity contribution is -0.140. The largest absolute Gasteiger partial charge is 0.469 e. The molecule has 1 fully saturated rings. The third-order valence-corrected chi connectivity index (χ3v) is 5.01. The van der Waals surface area contributed by atoms with Gasteiger partial charge in [-0.3, -0.25) is 9.59 Å². The van der Waals surface area contributed by atoms with E-state index in [4.69, 9.17) is 0 Å². The summed E-state index contributed by atoms with van der Waals surface area (Å²) in [5, 5.41) is 18.9. The molecular formula is C22H40O5. The van der Waals surface area contributed by atoms with Crippen molar-refractivity contribution in [3.63, 3.8) is 0 Å². The third kappa shape index (κ3) is 13.6. The first-order chi connectivity index (χ1) is 12.8. The summed E-state index contributed by atoms with van der Waals surface area (Å²) < 4.78 is 4.55. The summed E-state index contributed by atoms with van der Waals surface area (Å²) in [4.78, 5) is 22.2. The van der Waals surface area contributed by atoms with Crippen LogP contribution in [0.2, 0.25) is 0 Å². The van der Waals surface area contributed by atoms with Crippen molar-refractivity contribution in [2.45, 2.75) is 103 Å². The van der Waals surface area contributed by atoms with Crippen LogP contribution < -0.4 is 0 Å². The van der Waals surface area contributed by atoms with E-state index in [1.54, 1.807) is 6.08 Å². The smallest absolute Gasteiger partial charge is 0.305 e. The topological polar surface area (TPSA) is 83.8 Å². The highest BCUT2D eigenvalue weighted by molar-refractivity contribution is 5.83. The van der Waals surface area contributed by atoms with Gasteiger partial charge in [0.2, 0.25) is 0 Å². The van der Waals surface area contributed by atoms with Crippen molar-refractivity contribution < 1.29 is 24.5 Å². The van der Waals surface area contributed by atoms with E-state index in [9.17, 15) is 19.8 Å². The molecule has 5 nitrogen and oxygen atoms in total. The standard InChI is InChI=1S/C13H22O4.C9H18O/c1-17-13(16)7-5-3-2-4-6-10-8-11(14)9-12(10)15;1-4-6-8-9(3,10)7-5-2/h10-11,14H,2-9H2,1H3;5,10H,2,4,6-8H2,1,3H3/t;9-/m.1/s1. The summed E-state index contributed by atoms with van der Waals surface area (Å²) in [6.07, 6.45) is 11.4. The first-order valence-electron chi connectivity index (χ1n) is 10.4. The Hall–Kier alpha value is -1.20. The SMILES string of the molecule is C=CC[C@@](C)(O)CCCC.COC(=O)CCCCCCC1CC(O)CC1=O. The van der Waals surface area contributed by atoms with Crippen LogP contribution in [0.1, 0.15) is 90.9 Å². The summed E-state index contributed by atoms with van der Waals surface area (Å²) in [7, 11) is 1.40. The van der Waals surface area contributed by atoms with Crippen LogP contribution in [0.15, 0.2) is 12.7 Å². The number of carbonyl (C=O) groups is 2. The normalized spacial score (nSPS) is 21.1. The Morgan fingerprint density at radius 1 is 1.30 bits per heavy atom. The zero-order chi connectivity index (χ0) is 20.7. The molecule has 3 atom stereocenters. The van der Waals surface area contributed by atoms with Gasteiger partial charge in [-0.2, -0.15) is 0 Å². The number of rotatable bonds is 12. The summed E-state index contributed by atoms with van der Waals surface area (Å²) in [6, 6.07) is 0. The highest BCUT2D eigenvalue weighted by Gasteiger charge is 2.30. The molecule has 27 heavy (non-hydrogen) atoms.